The highest BCUT2D eigenvalue weighted by Gasteiger charge is 2.35. The molecule has 2 heterocycles. The molecule has 1 unspecified atom stereocenters. The summed E-state index contributed by atoms with van der Waals surface area (Å²) in [6, 6.07) is 9.40. The third-order valence-electron chi connectivity index (χ3n) is 3.04. The molecular formula is C12H14ClN3O4S2. The summed E-state index contributed by atoms with van der Waals surface area (Å²) in [5.41, 5.74) is 0.836. The van der Waals surface area contributed by atoms with Crippen molar-refractivity contribution in [3.05, 3.63) is 30.3 Å². The molecule has 2 aliphatic rings. The largest absolute Gasteiger partial charge is 0.334 e. The van der Waals surface area contributed by atoms with E-state index in [9.17, 15) is 14.0 Å². The van der Waals surface area contributed by atoms with Gasteiger partial charge in [-0.3, -0.25) is 4.90 Å². The Morgan fingerprint density at radius 1 is 1.18 bits per heavy atom. The number of likely N-dealkylation sites (tertiary alicyclic amines) is 1. The molecule has 0 amide bonds. The summed E-state index contributed by atoms with van der Waals surface area (Å²) in [4.78, 5) is 6.39. The van der Waals surface area contributed by atoms with Gasteiger partial charge in [0, 0.05) is 29.6 Å². The Labute approximate surface area is 136 Å². The van der Waals surface area contributed by atoms with Crippen LogP contribution in [0.2, 0.25) is 0 Å². The molecule has 10 heteroatoms. The first-order valence-electron chi connectivity index (χ1n) is 6.57. The Balaban J connectivity index is 1.77. The van der Waals surface area contributed by atoms with Gasteiger partial charge in [0.25, 0.3) is 0 Å². The Morgan fingerprint density at radius 3 is 2.50 bits per heavy atom. The monoisotopic (exact) mass is 363 g/mol. The highest BCUT2D eigenvalue weighted by molar-refractivity contribution is 8.87. The van der Waals surface area contributed by atoms with E-state index in [1.165, 1.54) is 0 Å². The van der Waals surface area contributed by atoms with Gasteiger partial charge in [0.2, 0.25) is 9.80 Å². The molecule has 0 saturated carbocycles. The predicted octanol–water partition coefficient (Wildman–Crippen LogP) is -0.603. The van der Waals surface area contributed by atoms with Crippen molar-refractivity contribution in [2.45, 2.75) is 12.8 Å². The van der Waals surface area contributed by atoms with Gasteiger partial charge in [0.05, 0.1) is 10.2 Å². The average molecular weight is 364 g/mol. The van der Waals surface area contributed by atoms with E-state index in [2.05, 4.69) is 14.0 Å². The third-order valence-corrected chi connectivity index (χ3v) is 7.10. The summed E-state index contributed by atoms with van der Waals surface area (Å²) in [7, 11) is -4.63. The van der Waals surface area contributed by atoms with E-state index in [1.54, 1.807) is 0 Å². The zero-order valence-electron chi connectivity index (χ0n) is 11.4. The minimum absolute atomic E-state index is 0.507. The van der Waals surface area contributed by atoms with Gasteiger partial charge in [0.15, 0.2) is 14.0 Å². The summed E-state index contributed by atoms with van der Waals surface area (Å²) in [5.74, 6) is 0. The van der Waals surface area contributed by atoms with Crippen LogP contribution in [0.25, 0.3) is 0 Å². The van der Waals surface area contributed by atoms with Gasteiger partial charge in [-0.1, -0.05) is 18.2 Å². The van der Waals surface area contributed by atoms with Gasteiger partial charge in [0.1, 0.15) is 0 Å². The maximum absolute atomic E-state index is 10.9. The fourth-order valence-corrected chi connectivity index (χ4v) is 6.27. The Hall–Kier alpha value is -0.650. The maximum atomic E-state index is 10.9. The van der Waals surface area contributed by atoms with Gasteiger partial charge in [-0.2, -0.15) is 14.0 Å². The standard InChI is InChI=1S/C12H14ClN3O4S2/c17-13(18,19)20-22-12(16-8-4-5-9-16)15-11(21-22)14-10-6-2-1-3-7-10/h1-3,6-7H,4-5,8-9H2,(H,14,15). The van der Waals surface area contributed by atoms with E-state index in [-0.39, 0.29) is 0 Å². The number of rotatable bonds is 3. The number of nitrogens with one attached hydrogen (secondary N) is 1. The minimum Gasteiger partial charge on any atom is -0.334 e. The molecule has 1 atom stereocenters. The van der Waals surface area contributed by atoms with E-state index >= 15 is 0 Å². The first kappa shape index (κ1) is 16.2. The third kappa shape index (κ3) is 4.21. The lowest BCUT2D eigenvalue weighted by Gasteiger charge is -2.15. The Morgan fingerprint density at radius 2 is 1.86 bits per heavy atom. The van der Waals surface area contributed by atoms with Crippen LogP contribution in [-0.4, -0.2) is 28.3 Å². The van der Waals surface area contributed by atoms with Crippen molar-refractivity contribution in [1.82, 2.24) is 4.90 Å². The van der Waals surface area contributed by atoms with Crippen molar-refractivity contribution in [2.75, 3.05) is 18.4 Å². The van der Waals surface area contributed by atoms with Crippen molar-refractivity contribution in [2.24, 2.45) is 4.99 Å². The Kier molecular flexibility index (Phi) is 5.05. The number of amidine groups is 1. The number of hydrogen-bond donors (Lipinski definition) is 1. The van der Waals surface area contributed by atoms with E-state index in [0.717, 1.165) is 42.4 Å². The van der Waals surface area contributed by atoms with Gasteiger partial charge in [-0.05, 0) is 25.0 Å². The van der Waals surface area contributed by atoms with Crippen molar-refractivity contribution in [3.8, 4) is 0 Å². The molecule has 1 N–H and O–H groups in total. The number of aliphatic imine (C=N–C) groups is 1. The summed E-state index contributed by atoms with van der Waals surface area (Å²) >= 11 is 0. The molecular weight excluding hydrogens is 350 g/mol. The van der Waals surface area contributed by atoms with Crippen LogP contribution in [0.4, 0.5) is 5.69 Å². The zero-order chi connectivity index (χ0) is 15.6. The lowest BCUT2D eigenvalue weighted by molar-refractivity contribution is -1.91. The number of benzene rings is 1. The molecule has 0 aliphatic carbocycles. The second-order valence-electron chi connectivity index (χ2n) is 4.64. The second kappa shape index (κ2) is 6.85. The van der Waals surface area contributed by atoms with Crippen LogP contribution in [-0.2, 0) is 3.74 Å². The van der Waals surface area contributed by atoms with Crippen molar-refractivity contribution >= 4 is 36.6 Å². The van der Waals surface area contributed by atoms with Crippen LogP contribution < -0.4 is 19.3 Å². The van der Waals surface area contributed by atoms with Crippen LogP contribution >= 0.6 is 20.6 Å². The highest BCUT2D eigenvalue weighted by Crippen LogP contribution is 2.43. The predicted molar refractivity (Wildman–Crippen MR) is 79.6 cm³/mol. The first-order chi connectivity index (χ1) is 10.5. The number of anilines is 1. The molecule has 2 aliphatic heterocycles. The van der Waals surface area contributed by atoms with Crippen LogP contribution in [0.5, 0.6) is 0 Å². The quantitative estimate of drug-likeness (QED) is 0.564. The molecule has 0 spiro atoms. The molecule has 0 bridgehead atoms. The molecule has 1 aromatic rings. The average Bonchev–Trinajstić information content (AvgIpc) is 3.08. The first-order valence-corrected chi connectivity index (χ1v) is 10.3. The molecule has 1 aromatic carbocycles. The fourth-order valence-electron chi connectivity index (χ4n) is 2.14. The molecule has 1 saturated heterocycles. The lowest BCUT2D eigenvalue weighted by Crippen LogP contribution is -2.60. The second-order valence-corrected chi connectivity index (χ2v) is 8.70. The van der Waals surface area contributed by atoms with Crippen LogP contribution in [0.1, 0.15) is 12.8 Å². The maximum Gasteiger partial charge on any atom is 0.213 e. The summed E-state index contributed by atoms with van der Waals surface area (Å²) in [6.07, 6.45) is 2.04. The molecule has 3 rings (SSSR count). The highest BCUT2D eigenvalue weighted by atomic mass is 35.7. The number of nitrogens with zero attached hydrogens (tertiary/aromatic N) is 2. The van der Waals surface area contributed by atoms with Gasteiger partial charge in [-0.15, -0.1) is 0 Å². The summed E-state index contributed by atoms with van der Waals surface area (Å²) < 4.78 is 37.3. The molecule has 0 radical (unpaired) electrons. The summed E-state index contributed by atoms with van der Waals surface area (Å²) in [5, 5.41) is 4.13. The smallest absolute Gasteiger partial charge is 0.213 e. The number of hydrogen-bond acceptors (Lipinski definition) is 8. The lowest BCUT2D eigenvalue weighted by atomic mass is 10.3. The Bertz CT molecular complexity index is 600. The topological polar surface area (TPSA) is 106 Å². The van der Waals surface area contributed by atoms with E-state index in [4.69, 9.17) is 0 Å². The van der Waals surface area contributed by atoms with Crippen molar-refractivity contribution in [1.29, 1.82) is 0 Å². The minimum atomic E-state index is -4.49. The summed E-state index contributed by atoms with van der Waals surface area (Å²) in [6.45, 7) is 1.58. The molecule has 22 heavy (non-hydrogen) atoms. The molecule has 120 valence electrons. The SMILES string of the molecule is [O-][Cl+3]([O-])([O-])OS1=C(N2CCCC2)N=C(Nc2ccccc2)S1. The van der Waals surface area contributed by atoms with Gasteiger partial charge in [-0.25, -0.2) is 4.99 Å². The fraction of sp³-hybridized carbons (Fsp3) is 0.333. The van der Waals surface area contributed by atoms with Gasteiger partial charge < -0.3 is 5.32 Å². The van der Waals surface area contributed by atoms with Gasteiger partial charge >= 0.3 is 0 Å². The van der Waals surface area contributed by atoms with Crippen LogP contribution in [0.15, 0.2) is 35.3 Å². The van der Waals surface area contributed by atoms with Crippen LogP contribution in [0.3, 0.4) is 0 Å². The van der Waals surface area contributed by atoms with Crippen molar-refractivity contribution in [3.63, 3.8) is 0 Å². The van der Waals surface area contributed by atoms with Crippen LogP contribution in [0, 0.1) is 10.2 Å². The van der Waals surface area contributed by atoms with Crippen molar-refractivity contribution < 1.29 is 28.0 Å². The molecule has 0 aromatic heterocycles. The molecule has 1 fully saturated rings. The van der Waals surface area contributed by atoms with E-state index < -0.39 is 20.0 Å². The van der Waals surface area contributed by atoms with E-state index in [0.29, 0.717) is 10.3 Å². The number of para-hydroxylation sites is 1. The molecule has 7 nitrogen and oxygen atoms in total. The normalized spacial score (nSPS) is 23.0. The number of halogens is 1. The van der Waals surface area contributed by atoms with E-state index in [1.807, 2.05) is 35.2 Å². The zero-order valence-corrected chi connectivity index (χ0v) is 13.8.